The maximum atomic E-state index is 6.34. The van der Waals surface area contributed by atoms with Gasteiger partial charge in [0.25, 0.3) is 0 Å². The van der Waals surface area contributed by atoms with E-state index in [0.29, 0.717) is 0 Å². The molecule has 10 aromatic rings. The van der Waals surface area contributed by atoms with Gasteiger partial charge in [0.1, 0.15) is 11.2 Å². The van der Waals surface area contributed by atoms with Crippen molar-refractivity contribution in [2.45, 2.75) is 5.41 Å². The second-order valence-corrected chi connectivity index (χ2v) is 15.3. The first-order chi connectivity index (χ1) is 28.8. The maximum absolute atomic E-state index is 6.34. The number of hydrogen-bond acceptors (Lipinski definition) is 3. The van der Waals surface area contributed by atoms with Crippen LogP contribution in [-0.4, -0.2) is 0 Å². The normalized spacial score (nSPS) is 14.9. The van der Waals surface area contributed by atoms with Gasteiger partial charge in [-0.15, -0.1) is 0 Å². The molecule has 0 spiro atoms. The van der Waals surface area contributed by atoms with E-state index in [4.69, 9.17) is 4.42 Å². The molecule has 0 amide bonds. The summed E-state index contributed by atoms with van der Waals surface area (Å²) in [4.78, 5) is 4.75. The average Bonchev–Trinajstić information content (AvgIpc) is 3.82. The second kappa shape index (κ2) is 12.7. The Balaban J connectivity index is 1.01. The fourth-order valence-corrected chi connectivity index (χ4v) is 9.82. The standard InChI is InChI=1S/C55H36N2O/c1-4-15-39(16-5-1)55-48-23-11-12-24-50(48)57(41-19-8-3-9-20-41)51-25-14-22-47(54(51)55)44-33-29-38(35-49(44)55)37-27-30-42(31-28-37)56(40-17-6-2-7-18-40)43-32-34-46-45-21-10-13-26-52(45)58-53(46)36-43/h1-36H. The van der Waals surface area contributed by atoms with Gasteiger partial charge in [0, 0.05) is 45.2 Å². The van der Waals surface area contributed by atoms with E-state index in [9.17, 15) is 0 Å². The molecule has 3 nitrogen and oxygen atoms in total. The van der Waals surface area contributed by atoms with Crippen LogP contribution in [0.25, 0.3) is 44.2 Å². The molecule has 3 heteroatoms. The van der Waals surface area contributed by atoms with Crippen LogP contribution >= 0.6 is 0 Å². The summed E-state index contributed by atoms with van der Waals surface area (Å²) in [5.74, 6) is 0. The number of hydrogen-bond donors (Lipinski definition) is 0. The van der Waals surface area contributed by atoms with Crippen molar-refractivity contribution in [1.82, 2.24) is 0 Å². The number of para-hydroxylation sites is 4. The van der Waals surface area contributed by atoms with E-state index in [-0.39, 0.29) is 0 Å². The lowest BCUT2D eigenvalue weighted by atomic mass is 9.64. The van der Waals surface area contributed by atoms with Gasteiger partial charge in [-0.3, -0.25) is 0 Å². The van der Waals surface area contributed by atoms with E-state index < -0.39 is 5.41 Å². The minimum Gasteiger partial charge on any atom is -0.456 e. The fraction of sp³-hybridized carbons (Fsp3) is 0.0182. The van der Waals surface area contributed by atoms with Gasteiger partial charge in [-0.05, 0) is 112 Å². The van der Waals surface area contributed by atoms with E-state index in [2.05, 4.69) is 216 Å². The Morgan fingerprint density at radius 2 is 1.03 bits per heavy atom. The molecule has 0 fully saturated rings. The molecule has 0 radical (unpaired) electrons. The third kappa shape index (κ3) is 4.68. The lowest BCUT2D eigenvalue weighted by molar-refractivity contribution is 0.669. The van der Waals surface area contributed by atoms with E-state index in [1.54, 1.807) is 0 Å². The molecule has 0 N–H and O–H groups in total. The zero-order chi connectivity index (χ0) is 38.2. The zero-order valence-corrected chi connectivity index (χ0v) is 31.6. The lowest BCUT2D eigenvalue weighted by Crippen LogP contribution is -2.35. The van der Waals surface area contributed by atoms with Crippen LogP contribution < -0.4 is 9.80 Å². The van der Waals surface area contributed by atoms with Crippen molar-refractivity contribution in [1.29, 1.82) is 0 Å². The van der Waals surface area contributed by atoms with Gasteiger partial charge in [-0.1, -0.05) is 140 Å². The van der Waals surface area contributed by atoms with Crippen LogP contribution in [0.15, 0.2) is 223 Å². The molecule has 272 valence electrons. The number of furan rings is 1. The summed E-state index contributed by atoms with van der Waals surface area (Å²) in [6, 6.07) is 79.2. The molecule has 12 rings (SSSR count). The van der Waals surface area contributed by atoms with Crippen LogP contribution in [-0.2, 0) is 5.41 Å². The predicted molar refractivity (Wildman–Crippen MR) is 239 cm³/mol. The molecule has 1 atom stereocenters. The predicted octanol–water partition coefficient (Wildman–Crippen LogP) is 14.9. The van der Waals surface area contributed by atoms with Crippen molar-refractivity contribution in [3.05, 3.63) is 241 Å². The molecule has 0 saturated heterocycles. The monoisotopic (exact) mass is 740 g/mol. The molecular formula is C55H36N2O. The Kier molecular flexibility index (Phi) is 7.14. The lowest BCUT2D eigenvalue weighted by Gasteiger charge is -2.44. The molecule has 1 aliphatic carbocycles. The topological polar surface area (TPSA) is 19.6 Å². The highest BCUT2D eigenvalue weighted by Crippen LogP contribution is 2.65. The van der Waals surface area contributed by atoms with Gasteiger partial charge in [-0.25, -0.2) is 0 Å². The number of anilines is 6. The summed E-state index contributed by atoms with van der Waals surface area (Å²) in [6.07, 6.45) is 0. The van der Waals surface area contributed by atoms with Crippen LogP contribution in [0.5, 0.6) is 0 Å². The summed E-state index contributed by atoms with van der Waals surface area (Å²) < 4.78 is 6.34. The summed E-state index contributed by atoms with van der Waals surface area (Å²) in [5, 5.41) is 2.25. The second-order valence-electron chi connectivity index (χ2n) is 15.3. The minimum absolute atomic E-state index is 0.500. The Hall–Kier alpha value is -7.62. The van der Waals surface area contributed by atoms with Crippen molar-refractivity contribution in [3.8, 4) is 22.3 Å². The summed E-state index contributed by atoms with van der Waals surface area (Å²) >= 11 is 0. The van der Waals surface area contributed by atoms with Crippen molar-refractivity contribution >= 4 is 56.1 Å². The molecule has 58 heavy (non-hydrogen) atoms. The first-order valence-corrected chi connectivity index (χ1v) is 19.9. The molecule has 2 aliphatic rings. The Morgan fingerprint density at radius 3 is 1.86 bits per heavy atom. The van der Waals surface area contributed by atoms with Gasteiger partial charge >= 0.3 is 0 Å². The van der Waals surface area contributed by atoms with E-state index >= 15 is 0 Å². The van der Waals surface area contributed by atoms with E-state index in [1.807, 2.05) is 12.1 Å². The minimum atomic E-state index is -0.500. The largest absolute Gasteiger partial charge is 0.456 e. The molecule has 0 bridgehead atoms. The van der Waals surface area contributed by atoms with Gasteiger partial charge in [0.15, 0.2) is 0 Å². The highest BCUT2D eigenvalue weighted by atomic mass is 16.3. The van der Waals surface area contributed by atoms with E-state index in [0.717, 1.165) is 44.7 Å². The third-order valence-corrected chi connectivity index (χ3v) is 12.2. The molecule has 9 aromatic carbocycles. The third-order valence-electron chi connectivity index (χ3n) is 12.2. The number of fused-ring (bicyclic) bond motifs is 8. The first kappa shape index (κ1) is 32.6. The smallest absolute Gasteiger partial charge is 0.137 e. The Labute approximate surface area is 337 Å². The SMILES string of the molecule is c1ccc(N(c2ccc(-c3ccc4c(c3)C3(c5ccccc5)c5ccccc5N(c5ccccc5)c5cccc-4c53)cc2)c2ccc3c(c2)oc2ccccc23)cc1. The zero-order valence-electron chi connectivity index (χ0n) is 31.6. The molecular weight excluding hydrogens is 705 g/mol. The highest BCUT2D eigenvalue weighted by molar-refractivity contribution is 6.06. The van der Waals surface area contributed by atoms with Crippen molar-refractivity contribution in [3.63, 3.8) is 0 Å². The number of rotatable bonds is 6. The molecule has 1 unspecified atom stereocenters. The van der Waals surface area contributed by atoms with Crippen LogP contribution in [0.4, 0.5) is 34.1 Å². The quantitative estimate of drug-likeness (QED) is 0.169. The van der Waals surface area contributed by atoms with Gasteiger partial charge in [-0.2, -0.15) is 0 Å². The molecule has 1 aromatic heterocycles. The molecule has 1 aliphatic heterocycles. The first-order valence-electron chi connectivity index (χ1n) is 19.9. The van der Waals surface area contributed by atoms with Crippen LogP contribution in [0.3, 0.4) is 0 Å². The van der Waals surface area contributed by atoms with Crippen molar-refractivity contribution in [2.24, 2.45) is 0 Å². The Morgan fingerprint density at radius 1 is 0.397 bits per heavy atom. The Bertz CT molecular complexity index is 3170. The van der Waals surface area contributed by atoms with Gasteiger partial charge in [0.2, 0.25) is 0 Å². The molecule has 0 saturated carbocycles. The maximum Gasteiger partial charge on any atom is 0.137 e. The fourth-order valence-electron chi connectivity index (χ4n) is 9.82. The number of benzene rings is 9. The van der Waals surface area contributed by atoms with Gasteiger partial charge < -0.3 is 14.2 Å². The van der Waals surface area contributed by atoms with E-state index in [1.165, 1.54) is 55.9 Å². The highest BCUT2D eigenvalue weighted by Gasteiger charge is 2.52. The van der Waals surface area contributed by atoms with Crippen LogP contribution in [0, 0.1) is 0 Å². The van der Waals surface area contributed by atoms with Gasteiger partial charge in [0.05, 0.1) is 16.8 Å². The summed E-state index contributed by atoms with van der Waals surface area (Å²) in [5.41, 5.74) is 18.2. The summed E-state index contributed by atoms with van der Waals surface area (Å²) in [7, 11) is 0. The van der Waals surface area contributed by atoms with Crippen LogP contribution in [0.1, 0.15) is 22.3 Å². The molecule has 2 heterocycles. The number of nitrogens with zero attached hydrogens (tertiary/aromatic N) is 2. The van der Waals surface area contributed by atoms with Crippen molar-refractivity contribution < 1.29 is 4.42 Å². The van der Waals surface area contributed by atoms with Crippen LogP contribution in [0.2, 0.25) is 0 Å². The average molecular weight is 741 g/mol. The van der Waals surface area contributed by atoms with Crippen molar-refractivity contribution in [2.75, 3.05) is 9.80 Å². The summed E-state index contributed by atoms with van der Waals surface area (Å²) in [6.45, 7) is 0.